The third kappa shape index (κ3) is 9.13. The van der Waals surface area contributed by atoms with Crippen molar-refractivity contribution in [3.05, 3.63) is 58.9 Å². The van der Waals surface area contributed by atoms with Gasteiger partial charge >= 0.3 is 0 Å². The maximum absolute atomic E-state index is 14.8. The summed E-state index contributed by atoms with van der Waals surface area (Å²) >= 11 is 1.96. The fraction of sp³-hybridized carbons (Fsp3) is 0.414. The van der Waals surface area contributed by atoms with Gasteiger partial charge in [0.25, 0.3) is 0 Å². The number of imide groups is 1. The minimum atomic E-state index is -0.990. The summed E-state index contributed by atoms with van der Waals surface area (Å²) in [5.74, 6) is -2.91. The summed E-state index contributed by atoms with van der Waals surface area (Å²) in [6, 6.07) is 7.96. The lowest BCUT2D eigenvalue weighted by Crippen LogP contribution is -2.50. The molecule has 0 aliphatic carbocycles. The Labute approximate surface area is 265 Å². The van der Waals surface area contributed by atoms with Gasteiger partial charge in [-0.1, -0.05) is 27.1 Å². The van der Waals surface area contributed by atoms with Crippen LogP contribution in [0, 0.1) is 12.7 Å². The normalized spacial score (nSPS) is 16.8. The maximum Gasteiger partial charge on any atom is 0.246 e. The van der Waals surface area contributed by atoms with E-state index in [1.807, 2.05) is 21.2 Å². The Morgan fingerprint density at radius 2 is 1.81 bits per heavy atom. The first-order chi connectivity index (χ1) is 20.3. The van der Waals surface area contributed by atoms with Crippen LogP contribution < -0.4 is 20.7 Å². The van der Waals surface area contributed by atoms with Crippen LogP contribution in [0.1, 0.15) is 56.4 Å². The van der Waals surface area contributed by atoms with Crippen molar-refractivity contribution in [3.63, 3.8) is 0 Å². The lowest BCUT2D eigenvalue weighted by molar-refractivity contribution is -0.139. The Bertz CT molecular complexity index is 1390. The zero-order valence-corrected chi connectivity index (χ0v) is 27.1. The number of hydrogen-bond donors (Lipinski definition) is 4. The minimum Gasteiger partial charge on any atom is -0.486 e. The van der Waals surface area contributed by atoms with Crippen LogP contribution in [0.2, 0.25) is 0 Å². The van der Waals surface area contributed by atoms with Crippen molar-refractivity contribution in [1.29, 1.82) is 0 Å². The summed E-state index contributed by atoms with van der Waals surface area (Å²) in [5, 5.41) is 17.2. The number of aliphatic hydroxyl groups is 1. The second kappa shape index (κ2) is 15.5. The molecule has 1 aliphatic rings. The molecule has 2 aromatic carbocycles. The number of amides is 5. The number of ether oxygens (including phenoxy) is 1. The molecule has 4 atom stereocenters. The zero-order valence-electron chi connectivity index (χ0n) is 24.1. The van der Waals surface area contributed by atoms with Crippen molar-refractivity contribution < 1.29 is 38.2 Å². The summed E-state index contributed by atoms with van der Waals surface area (Å²) in [6.07, 6.45) is -1.04. The van der Waals surface area contributed by atoms with Crippen molar-refractivity contribution in [2.24, 2.45) is 0 Å². The number of carbonyl (C=O) groups is 5. The van der Waals surface area contributed by atoms with Gasteiger partial charge in [0.1, 0.15) is 23.9 Å². The average molecular weight is 729 g/mol. The van der Waals surface area contributed by atoms with Gasteiger partial charge in [-0.05, 0) is 78.2 Å². The Kier molecular flexibility index (Phi) is 12.3. The predicted molar refractivity (Wildman–Crippen MR) is 168 cm³/mol. The molecule has 1 fully saturated rings. The van der Waals surface area contributed by atoms with E-state index >= 15 is 0 Å². The fourth-order valence-corrected chi connectivity index (χ4v) is 6.00. The number of aliphatic hydroxyl groups excluding tert-OH is 1. The lowest BCUT2D eigenvalue weighted by Gasteiger charge is -2.19. The van der Waals surface area contributed by atoms with E-state index in [0.717, 1.165) is 4.90 Å². The van der Waals surface area contributed by atoms with Crippen LogP contribution >= 0.6 is 30.1 Å². The summed E-state index contributed by atoms with van der Waals surface area (Å²) in [6.45, 7) is 6.05. The van der Waals surface area contributed by atoms with Crippen molar-refractivity contribution in [2.45, 2.75) is 70.6 Å². The minimum absolute atomic E-state index is 0.00422. The number of aryl methyl sites for hydroxylation is 1. The number of nitrogens with one attached hydrogen (secondary N) is 3. The highest BCUT2D eigenvalue weighted by atomic mass is 127. The number of rotatable bonds is 13. The smallest absolute Gasteiger partial charge is 0.246 e. The summed E-state index contributed by atoms with van der Waals surface area (Å²) in [5.41, 5.74) is 1.85. The van der Waals surface area contributed by atoms with Crippen LogP contribution in [0.5, 0.6) is 5.75 Å². The predicted octanol–water partition coefficient (Wildman–Crippen LogP) is 3.32. The second-order valence-corrected chi connectivity index (χ2v) is 12.5. The first-order valence-corrected chi connectivity index (χ1v) is 17.0. The monoisotopic (exact) mass is 728 g/mol. The summed E-state index contributed by atoms with van der Waals surface area (Å²) in [4.78, 5) is 62.9. The molecule has 1 saturated heterocycles. The molecule has 11 nitrogen and oxygen atoms in total. The lowest BCUT2D eigenvalue weighted by atomic mass is 10.0. The SMILES string of the molecule is Cc1ccc(OCc2cccc(NC(=O)[C@H](C)NC(=O)[C@H](C)NC(=O)CCN3C(=O)CC(SI)C3=O)c2)c(F)c1[C@H](C)O. The molecule has 0 bridgehead atoms. The van der Waals surface area contributed by atoms with Gasteiger partial charge in [-0.2, -0.15) is 0 Å². The second-order valence-electron chi connectivity index (χ2n) is 10.2. The van der Waals surface area contributed by atoms with Crippen LogP contribution in [0.4, 0.5) is 10.1 Å². The number of likely N-dealkylation sites (tertiary alicyclic amines) is 1. The summed E-state index contributed by atoms with van der Waals surface area (Å²) < 4.78 is 20.4. The highest BCUT2D eigenvalue weighted by Gasteiger charge is 2.38. The fourth-order valence-electron chi connectivity index (χ4n) is 4.40. The van der Waals surface area contributed by atoms with E-state index < -0.39 is 47.0 Å². The van der Waals surface area contributed by atoms with E-state index in [2.05, 4.69) is 16.0 Å². The molecule has 3 rings (SSSR count). The van der Waals surface area contributed by atoms with Crippen LogP contribution in [0.15, 0.2) is 36.4 Å². The van der Waals surface area contributed by atoms with Gasteiger partial charge in [-0.3, -0.25) is 28.9 Å². The number of carbonyl (C=O) groups excluding carboxylic acids is 5. The molecule has 0 saturated carbocycles. The van der Waals surface area contributed by atoms with Gasteiger partial charge in [-0.15, -0.1) is 0 Å². The quantitative estimate of drug-likeness (QED) is 0.181. The van der Waals surface area contributed by atoms with Gasteiger partial charge in [0.05, 0.1) is 6.10 Å². The third-order valence-corrected chi connectivity index (χ3v) is 9.19. The summed E-state index contributed by atoms with van der Waals surface area (Å²) in [7, 11) is 1.26. The number of anilines is 1. The van der Waals surface area contributed by atoms with Gasteiger partial charge in [0.2, 0.25) is 29.5 Å². The van der Waals surface area contributed by atoms with Crippen molar-refractivity contribution >= 4 is 65.4 Å². The molecule has 0 aromatic heterocycles. The molecular formula is C29H34FIN4O7S. The Hall–Kier alpha value is -3.24. The average Bonchev–Trinajstić information content (AvgIpc) is 3.23. The highest BCUT2D eigenvalue weighted by molar-refractivity contribution is 14.2. The van der Waals surface area contributed by atoms with E-state index in [-0.39, 0.29) is 49.1 Å². The number of hydrogen-bond acceptors (Lipinski definition) is 8. The Morgan fingerprint density at radius 3 is 2.47 bits per heavy atom. The first kappa shape index (κ1) is 34.3. The molecule has 1 unspecified atom stereocenters. The standard InChI is InChI=1S/C29H34FIN4O7S/c1-15-8-9-21(26(30)25(15)18(4)36)42-14-19-6-5-7-20(12-19)34-28(40)17(3)33-27(39)16(2)32-23(37)10-11-35-24(38)13-22(43-31)29(35)41/h5-9,12,16-18,22,36H,10-11,13-14H2,1-4H3,(H,32,37)(H,33,39)(H,34,40)/t16-,17-,18-,22?/m0/s1. The molecule has 43 heavy (non-hydrogen) atoms. The van der Waals surface area contributed by atoms with Crippen LogP contribution in [-0.2, 0) is 30.6 Å². The molecule has 5 amide bonds. The molecule has 0 spiro atoms. The van der Waals surface area contributed by atoms with Gasteiger partial charge in [-0.25, -0.2) is 4.39 Å². The first-order valence-electron chi connectivity index (χ1n) is 13.5. The molecule has 0 radical (unpaired) electrons. The molecule has 232 valence electrons. The Balaban J connectivity index is 1.48. The van der Waals surface area contributed by atoms with E-state index in [9.17, 15) is 33.5 Å². The van der Waals surface area contributed by atoms with Crippen molar-refractivity contribution in [2.75, 3.05) is 11.9 Å². The molecule has 2 aromatic rings. The van der Waals surface area contributed by atoms with E-state index in [1.165, 1.54) is 35.8 Å². The molecule has 4 N–H and O–H groups in total. The van der Waals surface area contributed by atoms with Crippen LogP contribution in [0.25, 0.3) is 0 Å². The largest absolute Gasteiger partial charge is 0.486 e. The van der Waals surface area contributed by atoms with E-state index in [4.69, 9.17) is 4.74 Å². The van der Waals surface area contributed by atoms with E-state index in [0.29, 0.717) is 16.8 Å². The van der Waals surface area contributed by atoms with Gasteiger partial charge < -0.3 is 25.8 Å². The molecule has 1 aliphatic heterocycles. The van der Waals surface area contributed by atoms with Crippen molar-refractivity contribution in [3.8, 4) is 5.75 Å². The zero-order chi connectivity index (χ0) is 31.8. The van der Waals surface area contributed by atoms with E-state index in [1.54, 1.807) is 37.3 Å². The molecular weight excluding hydrogens is 694 g/mol. The number of nitrogens with zero attached hydrogens (tertiary/aromatic N) is 1. The number of benzene rings is 2. The highest BCUT2D eigenvalue weighted by Crippen LogP contribution is 2.30. The van der Waals surface area contributed by atoms with Crippen molar-refractivity contribution in [1.82, 2.24) is 15.5 Å². The molecule has 1 heterocycles. The maximum atomic E-state index is 14.8. The Morgan fingerprint density at radius 1 is 1.12 bits per heavy atom. The van der Waals surface area contributed by atoms with Crippen LogP contribution in [0.3, 0.4) is 0 Å². The number of halogens is 2. The third-order valence-electron chi connectivity index (χ3n) is 6.76. The van der Waals surface area contributed by atoms with Crippen LogP contribution in [-0.4, -0.2) is 63.4 Å². The molecule has 14 heteroatoms. The topological polar surface area (TPSA) is 154 Å². The van der Waals surface area contributed by atoms with Gasteiger partial charge in [0, 0.05) is 30.6 Å². The van der Waals surface area contributed by atoms with Gasteiger partial charge in [0.15, 0.2) is 11.6 Å².